The molecule has 116 valence electrons. The molecule has 1 unspecified atom stereocenters. The number of amides is 1. The van der Waals surface area contributed by atoms with Crippen LogP contribution in [0.2, 0.25) is 0 Å². The first-order valence-electron chi connectivity index (χ1n) is 7.63. The average Bonchev–Trinajstić information content (AvgIpc) is 2.58. The standard InChI is InChI=1S/C16H20N4O2/c21-15-6-2-4-8-20(15)9-10-22-16-18-11-13(12-19-16)14-5-1-3-7-17-14/h1,3,5,7,11-12,16,18H,2,4,6,8-10H2. The fourth-order valence-corrected chi connectivity index (χ4v) is 2.53. The van der Waals surface area contributed by atoms with Crippen LogP contribution < -0.4 is 5.32 Å². The fraction of sp³-hybridized carbons (Fsp3) is 0.438. The Hall–Kier alpha value is -2.21. The van der Waals surface area contributed by atoms with E-state index in [1.54, 1.807) is 12.4 Å². The zero-order valence-electron chi connectivity index (χ0n) is 12.4. The monoisotopic (exact) mass is 300 g/mol. The number of rotatable bonds is 5. The van der Waals surface area contributed by atoms with Crippen molar-refractivity contribution in [3.8, 4) is 0 Å². The molecule has 0 saturated carbocycles. The van der Waals surface area contributed by atoms with Crippen LogP contribution in [0.1, 0.15) is 25.0 Å². The Morgan fingerprint density at radius 1 is 1.36 bits per heavy atom. The van der Waals surface area contributed by atoms with E-state index in [2.05, 4.69) is 15.3 Å². The molecule has 6 heteroatoms. The predicted molar refractivity (Wildman–Crippen MR) is 84.0 cm³/mol. The largest absolute Gasteiger partial charge is 0.347 e. The van der Waals surface area contributed by atoms with Crippen molar-refractivity contribution in [3.05, 3.63) is 36.3 Å². The first-order chi connectivity index (χ1) is 10.8. The van der Waals surface area contributed by atoms with Crippen LogP contribution in [0.3, 0.4) is 0 Å². The Kier molecular flexibility index (Phi) is 4.80. The molecule has 1 N–H and O–H groups in total. The Balaban J connectivity index is 1.43. The molecule has 0 radical (unpaired) electrons. The van der Waals surface area contributed by atoms with Crippen molar-refractivity contribution < 1.29 is 9.53 Å². The molecule has 1 saturated heterocycles. The van der Waals surface area contributed by atoms with Crippen molar-refractivity contribution in [1.82, 2.24) is 15.2 Å². The van der Waals surface area contributed by atoms with Gasteiger partial charge in [-0.25, -0.2) is 4.99 Å². The first kappa shape index (κ1) is 14.7. The van der Waals surface area contributed by atoms with Crippen molar-refractivity contribution in [2.75, 3.05) is 19.7 Å². The summed E-state index contributed by atoms with van der Waals surface area (Å²) in [6.07, 6.45) is 7.72. The molecule has 0 aromatic carbocycles. The van der Waals surface area contributed by atoms with Gasteiger partial charge in [0.15, 0.2) is 0 Å². The summed E-state index contributed by atoms with van der Waals surface area (Å²) in [5.74, 6) is 0.229. The second kappa shape index (κ2) is 7.17. The first-order valence-corrected chi connectivity index (χ1v) is 7.63. The maximum atomic E-state index is 11.7. The molecule has 1 amide bonds. The smallest absolute Gasteiger partial charge is 0.225 e. The predicted octanol–water partition coefficient (Wildman–Crippen LogP) is 1.41. The highest BCUT2D eigenvalue weighted by atomic mass is 16.5. The van der Waals surface area contributed by atoms with Crippen molar-refractivity contribution in [2.45, 2.75) is 25.6 Å². The minimum atomic E-state index is -0.396. The van der Waals surface area contributed by atoms with Crippen molar-refractivity contribution in [2.24, 2.45) is 4.99 Å². The zero-order valence-corrected chi connectivity index (χ0v) is 12.4. The number of likely N-dealkylation sites (tertiary alicyclic amines) is 1. The Morgan fingerprint density at radius 2 is 2.32 bits per heavy atom. The minimum Gasteiger partial charge on any atom is -0.347 e. The highest BCUT2D eigenvalue weighted by Gasteiger charge is 2.18. The number of carbonyl (C=O) groups excluding carboxylic acids is 1. The molecule has 2 aliphatic heterocycles. The van der Waals surface area contributed by atoms with E-state index in [-0.39, 0.29) is 5.91 Å². The van der Waals surface area contributed by atoms with Crippen LogP contribution in [-0.4, -0.2) is 48.1 Å². The van der Waals surface area contributed by atoms with E-state index in [1.807, 2.05) is 29.3 Å². The van der Waals surface area contributed by atoms with Crippen molar-refractivity contribution in [3.63, 3.8) is 0 Å². The van der Waals surface area contributed by atoms with Gasteiger partial charge in [-0.3, -0.25) is 9.78 Å². The molecule has 3 rings (SSSR count). The van der Waals surface area contributed by atoms with Gasteiger partial charge in [-0.05, 0) is 25.0 Å². The molecule has 1 fully saturated rings. The van der Waals surface area contributed by atoms with E-state index in [1.165, 1.54) is 0 Å². The topological polar surface area (TPSA) is 66.8 Å². The van der Waals surface area contributed by atoms with Gasteiger partial charge in [-0.2, -0.15) is 0 Å². The number of aliphatic imine (C=N–C) groups is 1. The molecule has 6 nitrogen and oxygen atoms in total. The lowest BCUT2D eigenvalue weighted by atomic mass is 10.1. The SMILES string of the molecule is O=C1CCCCN1CCOC1N=CC(c2ccccn2)=CN1. The molecule has 22 heavy (non-hydrogen) atoms. The number of ether oxygens (including phenoxy) is 1. The van der Waals surface area contributed by atoms with Gasteiger partial charge < -0.3 is 15.0 Å². The molecule has 0 spiro atoms. The third kappa shape index (κ3) is 3.71. The van der Waals surface area contributed by atoms with Crippen LogP contribution in [0.4, 0.5) is 0 Å². The molecular formula is C16H20N4O2. The maximum Gasteiger partial charge on any atom is 0.225 e. The van der Waals surface area contributed by atoms with Crippen LogP contribution in [0.25, 0.3) is 5.57 Å². The van der Waals surface area contributed by atoms with Crippen LogP contribution in [0.15, 0.2) is 35.6 Å². The number of nitrogens with one attached hydrogen (secondary N) is 1. The van der Waals surface area contributed by atoms with Crippen LogP contribution >= 0.6 is 0 Å². The van der Waals surface area contributed by atoms with E-state index in [0.717, 1.165) is 30.7 Å². The summed E-state index contributed by atoms with van der Waals surface area (Å²) >= 11 is 0. The second-order valence-electron chi connectivity index (χ2n) is 5.32. The fourth-order valence-electron chi connectivity index (χ4n) is 2.53. The zero-order chi connectivity index (χ0) is 15.2. The maximum absolute atomic E-state index is 11.7. The Morgan fingerprint density at radius 3 is 3.05 bits per heavy atom. The van der Waals surface area contributed by atoms with Gasteiger partial charge in [-0.15, -0.1) is 0 Å². The third-order valence-corrected chi connectivity index (χ3v) is 3.75. The Labute approximate surface area is 129 Å². The second-order valence-corrected chi connectivity index (χ2v) is 5.32. The summed E-state index contributed by atoms with van der Waals surface area (Å²) in [6.45, 7) is 1.95. The quantitative estimate of drug-likeness (QED) is 0.893. The summed E-state index contributed by atoms with van der Waals surface area (Å²) in [6, 6.07) is 5.75. The molecule has 1 aromatic rings. The van der Waals surface area contributed by atoms with Gasteiger partial charge >= 0.3 is 0 Å². The van der Waals surface area contributed by atoms with Gasteiger partial charge in [0.05, 0.1) is 12.3 Å². The summed E-state index contributed by atoms with van der Waals surface area (Å²) in [5.41, 5.74) is 1.79. The van der Waals surface area contributed by atoms with E-state index in [0.29, 0.717) is 19.6 Å². The molecular weight excluding hydrogens is 280 g/mol. The highest BCUT2D eigenvalue weighted by Crippen LogP contribution is 2.12. The van der Waals surface area contributed by atoms with Crippen LogP contribution in [0.5, 0.6) is 0 Å². The van der Waals surface area contributed by atoms with Crippen LogP contribution in [-0.2, 0) is 9.53 Å². The van der Waals surface area contributed by atoms with E-state index < -0.39 is 6.35 Å². The number of carbonyl (C=O) groups is 1. The van der Waals surface area contributed by atoms with Gasteiger partial charge in [0.1, 0.15) is 0 Å². The summed E-state index contributed by atoms with van der Waals surface area (Å²) in [4.78, 5) is 22.1. The normalized spacial score (nSPS) is 21.5. The lowest BCUT2D eigenvalue weighted by Crippen LogP contribution is -2.39. The van der Waals surface area contributed by atoms with Gasteiger partial charge in [0.25, 0.3) is 0 Å². The van der Waals surface area contributed by atoms with Gasteiger partial charge in [0.2, 0.25) is 12.3 Å². The molecule has 0 bridgehead atoms. The number of aromatic nitrogens is 1. The molecule has 1 aromatic heterocycles. The highest BCUT2D eigenvalue weighted by molar-refractivity contribution is 6.09. The van der Waals surface area contributed by atoms with Gasteiger partial charge in [-0.1, -0.05) is 6.07 Å². The number of hydrogen-bond acceptors (Lipinski definition) is 5. The number of pyridine rings is 1. The minimum absolute atomic E-state index is 0.229. The van der Waals surface area contributed by atoms with E-state index in [4.69, 9.17) is 4.74 Å². The Bertz CT molecular complexity index is 571. The van der Waals surface area contributed by atoms with E-state index >= 15 is 0 Å². The average molecular weight is 300 g/mol. The van der Waals surface area contributed by atoms with Gasteiger partial charge in [0, 0.05) is 43.7 Å². The summed E-state index contributed by atoms with van der Waals surface area (Å²) in [7, 11) is 0. The molecule has 2 aliphatic rings. The van der Waals surface area contributed by atoms with E-state index in [9.17, 15) is 4.79 Å². The van der Waals surface area contributed by atoms with Crippen LogP contribution in [0, 0.1) is 0 Å². The summed E-state index contributed by atoms with van der Waals surface area (Å²) in [5, 5.41) is 3.09. The lowest BCUT2D eigenvalue weighted by Gasteiger charge is -2.27. The third-order valence-electron chi connectivity index (χ3n) is 3.75. The lowest BCUT2D eigenvalue weighted by molar-refractivity contribution is -0.134. The molecule has 0 aliphatic carbocycles. The molecule has 3 heterocycles. The number of nitrogens with zero attached hydrogens (tertiary/aromatic N) is 3. The number of hydrogen-bond donors (Lipinski definition) is 1. The number of allylic oxidation sites excluding steroid dienone is 1. The summed E-state index contributed by atoms with van der Waals surface area (Å²) < 4.78 is 5.65. The number of piperidine rings is 1. The van der Waals surface area contributed by atoms with Crippen molar-refractivity contribution >= 4 is 17.7 Å². The molecule has 1 atom stereocenters. The van der Waals surface area contributed by atoms with Crippen molar-refractivity contribution in [1.29, 1.82) is 0 Å².